The molecule has 1 fully saturated rings. The number of nitrogens with two attached hydrogens (primary N) is 1. The van der Waals surface area contributed by atoms with Gasteiger partial charge in [0.15, 0.2) is 0 Å². The Kier molecular flexibility index (Phi) is 8.36. The lowest BCUT2D eigenvalue weighted by molar-refractivity contribution is -0.130. The molecule has 1 saturated heterocycles. The van der Waals surface area contributed by atoms with Crippen LogP contribution in [0, 0.1) is 9.49 Å². The van der Waals surface area contributed by atoms with E-state index in [0.717, 1.165) is 31.7 Å². The highest BCUT2D eigenvalue weighted by atomic mass is 127. The number of halogens is 2. The summed E-state index contributed by atoms with van der Waals surface area (Å²) in [7, 11) is 0. The summed E-state index contributed by atoms with van der Waals surface area (Å²) in [6.45, 7) is 2.95. The normalized spacial score (nSPS) is 17.4. The molecule has 1 aromatic carbocycles. The van der Waals surface area contributed by atoms with Crippen molar-refractivity contribution >= 4 is 40.9 Å². The number of amides is 1. The van der Waals surface area contributed by atoms with Gasteiger partial charge in [-0.25, -0.2) is 0 Å². The molecule has 0 aromatic heterocycles. The summed E-state index contributed by atoms with van der Waals surface area (Å²) in [5.41, 5.74) is 5.63. The first-order chi connectivity index (χ1) is 9.69. The van der Waals surface area contributed by atoms with Gasteiger partial charge in [0.25, 0.3) is 0 Å². The Labute approximate surface area is 145 Å². The van der Waals surface area contributed by atoms with Gasteiger partial charge in [-0.15, -0.1) is 12.4 Å². The fourth-order valence-electron chi connectivity index (χ4n) is 2.35. The van der Waals surface area contributed by atoms with Crippen LogP contribution >= 0.6 is 35.0 Å². The lowest BCUT2D eigenvalue weighted by Gasteiger charge is -2.16. The molecule has 4 nitrogen and oxygen atoms in total. The quantitative estimate of drug-likeness (QED) is 0.564. The second-order valence-electron chi connectivity index (χ2n) is 5.14. The third kappa shape index (κ3) is 6.00. The standard InChI is InChI=1S/C15H21IN2O2.ClH/c16-13-3-5-14(6-4-13)20-9-1-2-15(19)18-8-7-12(10-17)11-18;/h3-6,12H,1-2,7-11,17H2;1H. The highest BCUT2D eigenvalue weighted by molar-refractivity contribution is 14.1. The van der Waals surface area contributed by atoms with E-state index in [1.165, 1.54) is 3.57 Å². The van der Waals surface area contributed by atoms with E-state index in [-0.39, 0.29) is 18.3 Å². The molecule has 1 unspecified atom stereocenters. The molecule has 1 aliphatic rings. The number of carbonyl (C=O) groups excluding carboxylic acids is 1. The molecule has 0 bridgehead atoms. The minimum absolute atomic E-state index is 0. The van der Waals surface area contributed by atoms with Crippen LogP contribution in [0.5, 0.6) is 5.75 Å². The first kappa shape index (κ1) is 18.5. The van der Waals surface area contributed by atoms with Gasteiger partial charge >= 0.3 is 0 Å². The topological polar surface area (TPSA) is 55.6 Å². The highest BCUT2D eigenvalue weighted by Gasteiger charge is 2.24. The van der Waals surface area contributed by atoms with Crippen molar-refractivity contribution in [1.29, 1.82) is 0 Å². The van der Waals surface area contributed by atoms with Crippen LogP contribution in [-0.2, 0) is 4.79 Å². The molecule has 0 spiro atoms. The van der Waals surface area contributed by atoms with Gasteiger partial charge in [-0.1, -0.05) is 0 Å². The second-order valence-corrected chi connectivity index (χ2v) is 6.38. The average Bonchev–Trinajstić information content (AvgIpc) is 2.94. The lowest BCUT2D eigenvalue weighted by Crippen LogP contribution is -2.29. The zero-order chi connectivity index (χ0) is 14.4. The largest absolute Gasteiger partial charge is 0.494 e. The molecule has 2 N–H and O–H groups in total. The molecule has 21 heavy (non-hydrogen) atoms. The Balaban J connectivity index is 0.00000220. The molecule has 6 heteroatoms. The van der Waals surface area contributed by atoms with Gasteiger partial charge in [0.05, 0.1) is 6.61 Å². The predicted octanol–water partition coefficient (Wildman–Crippen LogP) is 2.68. The fourth-order valence-corrected chi connectivity index (χ4v) is 2.71. The molecule has 1 aromatic rings. The number of ether oxygens (including phenoxy) is 1. The van der Waals surface area contributed by atoms with Crippen molar-refractivity contribution < 1.29 is 9.53 Å². The van der Waals surface area contributed by atoms with Gasteiger partial charge in [-0.2, -0.15) is 0 Å². The van der Waals surface area contributed by atoms with E-state index in [2.05, 4.69) is 22.6 Å². The van der Waals surface area contributed by atoms with Gasteiger partial charge < -0.3 is 15.4 Å². The fraction of sp³-hybridized carbons (Fsp3) is 0.533. The SMILES string of the molecule is Cl.NCC1CCN(C(=O)CCCOc2ccc(I)cc2)C1. The monoisotopic (exact) mass is 424 g/mol. The van der Waals surface area contributed by atoms with Crippen LogP contribution in [0.1, 0.15) is 19.3 Å². The predicted molar refractivity (Wildman–Crippen MR) is 94.9 cm³/mol. The first-order valence-corrected chi connectivity index (χ1v) is 8.13. The molecule has 1 heterocycles. The van der Waals surface area contributed by atoms with Gasteiger partial charge in [0.2, 0.25) is 5.91 Å². The molecule has 1 amide bonds. The van der Waals surface area contributed by atoms with Crippen LogP contribution in [0.15, 0.2) is 24.3 Å². The van der Waals surface area contributed by atoms with Crippen molar-refractivity contribution in [2.45, 2.75) is 19.3 Å². The third-order valence-corrected chi connectivity index (χ3v) is 4.31. The molecule has 118 valence electrons. The summed E-state index contributed by atoms with van der Waals surface area (Å²) in [6, 6.07) is 7.93. The van der Waals surface area contributed by atoms with Crippen LogP contribution in [0.4, 0.5) is 0 Å². The van der Waals surface area contributed by atoms with Crippen molar-refractivity contribution in [1.82, 2.24) is 4.90 Å². The first-order valence-electron chi connectivity index (χ1n) is 7.05. The molecule has 0 radical (unpaired) electrons. The summed E-state index contributed by atoms with van der Waals surface area (Å²) in [6.07, 6.45) is 2.36. The molecule has 2 rings (SSSR count). The summed E-state index contributed by atoms with van der Waals surface area (Å²) >= 11 is 2.26. The number of carbonyl (C=O) groups is 1. The number of nitrogens with zero attached hydrogens (tertiary/aromatic N) is 1. The van der Waals surface area contributed by atoms with E-state index in [4.69, 9.17) is 10.5 Å². The highest BCUT2D eigenvalue weighted by Crippen LogP contribution is 2.17. The van der Waals surface area contributed by atoms with Crippen molar-refractivity contribution in [3.63, 3.8) is 0 Å². The number of hydrogen-bond donors (Lipinski definition) is 1. The Hall–Kier alpha value is -0.530. The Morgan fingerprint density at radius 1 is 1.38 bits per heavy atom. The minimum Gasteiger partial charge on any atom is -0.494 e. The smallest absolute Gasteiger partial charge is 0.222 e. The maximum Gasteiger partial charge on any atom is 0.222 e. The van der Waals surface area contributed by atoms with E-state index < -0.39 is 0 Å². The molecule has 0 saturated carbocycles. The Morgan fingerprint density at radius 2 is 2.10 bits per heavy atom. The van der Waals surface area contributed by atoms with Crippen molar-refractivity contribution in [2.75, 3.05) is 26.2 Å². The Morgan fingerprint density at radius 3 is 2.71 bits per heavy atom. The van der Waals surface area contributed by atoms with Gasteiger partial charge in [-0.05, 0) is 72.2 Å². The second kappa shape index (κ2) is 9.48. The lowest BCUT2D eigenvalue weighted by atomic mass is 10.1. The zero-order valence-corrected chi connectivity index (χ0v) is 14.9. The van der Waals surface area contributed by atoms with E-state index >= 15 is 0 Å². The van der Waals surface area contributed by atoms with Crippen LogP contribution in [0.25, 0.3) is 0 Å². The van der Waals surface area contributed by atoms with Crippen molar-refractivity contribution in [3.8, 4) is 5.75 Å². The molecule has 0 aliphatic carbocycles. The van der Waals surface area contributed by atoms with E-state index in [1.807, 2.05) is 29.2 Å². The molecular formula is C15H22ClIN2O2. The Bertz CT molecular complexity index is 442. The molecule has 1 aliphatic heterocycles. The summed E-state index contributed by atoms with van der Waals surface area (Å²) in [5, 5.41) is 0. The summed E-state index contributed by atoms with van der Waals surface area (Å²) < 4.78 is 6.81. The van der Waals surface area contributed by atoms with Crippen LogP contribution < -0.4 is 10.5 Å². The van der Waals surface area contributed by atoms with E-state index in [0.29, 0.717) is 25.5 Å². The number of rotatable bonds is 6. The van der Waals surface area contributed by atoms with E-state index in [1.54, 1.807) is 0 Å². The van der Waals surface area contributed by atoms with Crippen molar-refractivity contribution in [3.05, 3.63) is 27.8 Å². The van der Waals surface area contributed by atoms with Gasteiger partial charge in [0, 0.05) is 23.1 Å². The molecule has 1 atom stereocenters. The van der Waals surface area contributed by atoms with Crippen LogP contribution in [0.3, 0.4) is 0 Å². The molecular weight excluding hydrogens is 403 g/mol. The zero-order valence-electron chi connectivity index (χ0n) is 12.0. The van der Waals surface area contributed by atoms with Crippen molar-refractivity contribution in [2.24, 2.45) is 11.7 Å². The van der Waals surface area contributed by atoms with Crippen LogP contribution in [-0.4, -0.2) is 37.0 Å². The van der Waals surface area contributed by atoms with E-state index in [9.17, 15) is 4.79 Å². The number of hydrogen-bond acceptors (Lipinski definition) is 3. The summed E-state index contributed by atoms with van der Waals surface area (Å²) in [4.78, 5) is 13.9. The number of benzene rings is 1. The van der Waals surface area contributed by atoms with Crippen LogP contribution in [0.2, 0.25) is 0 Å². The van der Waals surface area contributed by atoms with Gasteiger partial charge in [-0.3, -0.25) is 4.79 Å². The summed E-state index contributed by atoms with van der Waals surface area (Å²) in [5.74, 6) is 1.58. The minimum atomic E-state index is 0. The maximum atomic E-state index is 12.0. The maximum absolute atomic E-state index is 12.0. The van der Waals surface area contributed by atoms with Gasteiger partial charge in [0.1, 0.15) is 5.75 Å². The third-order valence-electron chi connectivity index (χ3n) is 3.59. The average molecular weight is 425 g/mol. The number of likely N-dealkylation sites (tertiary alicyclic amines) is 1.